The molecular weight excluding hydrogens is 307 g/mol. The summed E-state index contributed by atoms with van der Waals surface area (Å²) in [6.45, 7) is 5.32. The van der Waals surface area contributed by atoms with Gasteiger partial charge in [-0.3, -0.25) is 9.69 Å². The molecule has 0 radical (unpaired) electrons. The Labute approximate surface area is 141 Å². The maximum atomic E-state index is 13.6. The van der Waals surface area contributed by atoms with Gasteiger partial charge in [-0.15, -0.1) is 0 Å². The van der Waals surface area contributed by atoms with E-state index in [9.17, 15) is 9.18 Å². The van der Waals surface area contributed by atoms with Gasteiger partial charge in [0, 0.05) is 37.2 Å². The van der Waals surface area contributed by atoms with Crippen LogP contribution in [-0.4, -0.2) is 39.5 Å². The van der Waals surface area contributed by atoms with Gasteiger partial charge in [-0.05, 0) is 44.4 Å². The first-order chi connectivity index (χ1) is 11.5. The summed E-state index contributed by atoms with van der Waals surface area (Å²) in [6.07, 6.45) is 7.62. The normalized spacial score (nSPS) is 17.6. The molecular formula is C18H23FN4O. The highest BCUT2D eigenvalue weighted by Gasteiger charge is 2.27. The van der Waals surface area contributed by atoms with Crippen LogP contribution in [0.1, 0.15) is 31.4 Å². The third kappa shape index (κ3) is 3.64. The highest BCUT2D eigenvalue weighted by Crippen LogP contribution is 2.23. The summed E-state index contributed by atoms with van der Waals surface area (Å²) in [5.41, 5.74) is 1.07. The molecule has 0 bridgehead atoms. The first-order valence-electron chi connectivity index (χ1n) is 8.33. The van der Waals surface area contributed by atoms with Gasteiger partial charge in [0.25, 0.3) is 0 Å². The van der Waals surface area contributed by atoms with E-state index >= 15 is 0 Å². The smallest absolute Gasteiger partial charge is 0.241 e. The van der Waals surface area contributed by atoms with E-state index in [4.69, 9.17) is 0 Å². The van der Waals surface area contributed by atoms with Gasteiger partial charge in [0.05, 0.1) is 12.4 Å². The molecule has 0 spiro atoms. The molecule has 128 valence electrons. The molecule has 1 fully saturated rings. The Morgan fingerprint density at radius 2 is 2.12 bits per heavy atom. The van der Waals surface area contributed by atoms with E-state index in [0.29, 0.717) is 17.3 Å². The van der Waals surface area contributed by atoms with Crippen LogP contribution in [0.4, 0.5) is 10.1 Å². The van der Waals surface area contributed by atoms with Crippen LogP contribution in [0.3, 0.4) is 0 Å². The molecule has 2 aromatic rings. The van der Waals surface area contributed by atoms with Crippen molar-refractivity contribution < 1.29 is 9.18 Å². The SMILES string of the molecule is Cc1ccc(NC(=O)C(C)N2CCC(n3ccnc3)CC2)cc1F. The minimum atomic E-state index is -0.304. The topological polar surface area (TPSA) is 50.2 Å². The molecule has 2 heterocycles. The van der Waals surface area contributed by atoms with E-state index in [0.717, 1.165) is 25.9 Å². The van der Waals surface area contributed by atoms with Crippen molar-refractivity contribution in [3.05, 3.63) is 48.3 Å². The molecule has 0 aliphatic carbocycles. The summed E-state index contributed by atoms with van der Waals surface area (Å²) in [7, 11) is 0. The number of carbonyl (C=O) groups is 1. The number of aryl methyl sites for hydroxylation is 1. The van der Waals surface area contributed by atoms with Crippen LogP contribution in [0.25, 0.3) is 0 Å². The molecule has 1 aromatic carbocycles. The number of hydrogen-bond acceptors (Lipinski definition) is 3. The third-order valence-electron chi connectivity index (χ3n) is 4.81. The van der Waals surface area contributed by atoms with Crippen LogP contribution in [0, 0.1) is 12.7 Å². The number of rotatable bonds is 4. The Bertz CT molecular complexity index is 693. The van der Waals surface area contributed by atoms with E-state index in [2.05, 4.69) is 19.8 Å². The minimum Gasteiger partial charge on any atom is -0.334 e. The molecule has 1 unspecified atom stereocenters. The van der Waals surface area contributed by atoms with E-state index in [1.807, 2.05) is 19.4 Å². The molecule has 1 atom stereocenters. The number of benzene rings is 1. The number of hydrogen-bond donors (Lipinski definition) is 1. The molecule has 3 rings (SSSR count). The Balaban J connectivity index is 1.55. The average Bonchev–Trinajstić information content (AvgIpc) is 3.12. The van der Waals surface area contributed by atoms with E-state index in [1.165, 1.54) is 6.07 Å². The molecule has 24 heavy (non-hydrogen) atoms. The largest absolute Gasteiger partial charge is 0.334 e. The van der Waals surface area contributed by atoms with Crippen molar-refractivity contribution in [2.24, 2.45) is 0 Å². The zero-order chi connectivity index (χ0) is 17.1. The number of halogens is 1. The predicted molar refractivity (Wildman–Crippen MR) is 91.3 cm³/mol. The molecule has 1 aromatic heterocycles. The number of anilines is 1. The zero-order valence-corrected chi connectivity index (χ0v) is 14.1. The van der Waals surface area contributed by atoms with Gasteiger partial charge in [0.2, 0.25) is 5.91 Å². The monoisotopic (exact) mass is 330 g/mol. The molecule has 5 nitrogen and oxygen atoms in total. The van der Waals surface area contributed by atoms with Gasteiger partial charge >= 0.3 is 0 Å². The summed E-state index contributed by atoms with van der Waals surface area (Å²) >= 11 is 0. The number of nitrogens with zero attached hydrogens (tertiary/aromatic N) is 3. The quantitative estimate of drug-likeness (QED) is 0.937. The van der Waals surface area contributed by atoms with Crippen LogP contribution < -0.4 is 5.32 Å². The van der Waals surface area contributed by atoms with Crippen molar-refractivity contribution in [2.45, 2.75) is 38.8 Å². The average molecular weight is 330 g/mol. The molecule has 6 heteroatoms. The summed E-state index contributed by atoms with van der Waals surface area (Å²) in [4.78, 5) is 18.7. The van der Waals surface area contributed by atoms with Crippen LogP contribution in [0.15, 0.2) is 36.9 Å². The zero-order valence-electron chi connectivity index (χ0n) is 14.1. The highest BCUT2D eigenvalue weighted by atomic mass is 19.1. The molecule has 0 saturated carbocycles. The fourth-order valence-corrected chi connectivity index (χ4v) is 3.14. The van der Waals surface area contributed by atoms with Crippen LogP contribution in [0.2, 0.25) is 0 Å². The number of imidazole rings is 1. The van der Waals surface area contributed by atoms with Crippen molar-refractivity contribution in [1.82, 2.24) is 14.5 Å². The number of aromatic nitrogens is 2. The Kier molecular flexibility index (Phi) is 4.94. The van der Waals surface area contributed by atoms with Gasteiger partial charge in [0.15, 0.2) is 0 Å². The predicted octanol–water partition coefficient (Wildman–Crippen LogP) is 2.99. The lowest BCUT2D eigenvalue weighted by Crippen LogP contribution is -2.46. The Hall–Kier alpha value is -2.21. The van der Waals surface area contributed by atoms with Gasteiger partial charge in [-0.2, -0.15) is 0 Å². The van der Waals surface area contributed by atoms with Gasteiger partial charge in [-0.1, -0.05) is 6.07 Å². The molecule has 1 aliphatic heterocycles. The summed E-state index contributed by atoms with van der Waals surface area (Å²) in [5.74, 6) is -0.402. The van der Waals surface area contributed by atoms with Crippen molar-refractivity contribution in [2.75, 3.05) is 18.4 Å². The van der Waals surface area contributed by atoms with E-state index < -0.39 is 0 Å². The molecule has 1 saturated heterocycles. The molecule has 1 amide bonds. The van der Waals surface area contributed by atoms with Crippen LogP contribution >= 0.6 is 0 Å². The lowest BCUT2D eigenvalue weighted by atomic mass is 10.0. The second kappa shape index (κ2) is 7.13. The fraction of sp³-hybridized carbons (Fsp3) is 0.444. The van der Waals surface area contributed by atoms with Crippen molar-refractivity contribution in [1.29, 1.82) is 0 Å². The van der Waals surface area contributed by atoms with E-state index in [1.54, 1.807) is 25.3 Å². The van der Waals surface area contributed by atoms with Gasteiger partial charge in [-0.25, -0.2) is 9.37 Å². The second-order valence-electron chi connectivity index (χ2n) is 6.41. The second-order valence-corrected chi connectivity index (χ2v) is 6.41. The van der Waals surface area contributed by atoms with Gasteiger partial charge in [0.1, 0.15) is 5.82 Å². The van der Waals surface area contributed by atoms with Crippen molar-refractivity contribution in [3.63, 3.8) is 0 Å². The van der Waals surface area contributed by atoms with E-state index in [-0.39, 0.29) is 17.8 Å². The van der Waals surface area contributed by atoms with Crippen LogP contribution in [0.5, 0.6) is 0 Å². The van der Waals surface area contributed by atoms with Crippen molar-refractivity contribution in [3.8, 4) is 0 Å². The number of likely N-dealkylation sites (tertiary alicyclic amines) is 1. The standard InChI is InChI=1S/C18H23FN4O/c1-13-3-4-15(11-17(13)19)21-18(24)14(2)22-8-5-16(6-9-22)23-10-7-20-12-23/h3-4,7,10-12,14,16H,5-6,8-9H2,1-2H3,(H,21,24). The molecule has 1 N–H and O–H groups in total. The summed E-state index contributed by atoms with van der Waals surface area (Å²) < 4.78 is 15.7. The summed E-state index contributed by atoms with van der Waals surface area (Å²) in [6, 6.07) is 4.98. The highest BCUT2D eigenvalue weighted by molar-refractivity contribution is 5.94. The first-order valence-corrected chi connectivity index (χ1v) is 8.33. The lowest BCUT2D eigenvalue weighted by molar-refractivity contribution is -0.121. The number of amides is 1. The lowest BCUT2D eigenvalue weighted by Gasteiger charge is -2.35. The first kappa shape index (κ1) is 16.6. The number of nitrogens with one attached hydrogen (secondary N) is 1. The summed E-state index contributed by atoms with van der Waals surface area (Å²) in [5, 5.41) is 2.81. The van der Waals surface area contributed by atoms with Gasteiger partial charge < -0.3 is 9.88 Å². The maximum absolute atomic E-state index is 13.6. The van der Waals surface area contributed by atoms with Crippen LogP contribution in [-0.2, 0) is 4.79 Å². The maximum Gasteiger partial charge on any atom is 0.241 e. The minimum absolute atomic E-state index is 0.0978. The Morgan fingerprint density at radius 1 is 1.38 bits per heavy atom. The number of piperidine rings is 1. The van der Waals surface area contributed by atoms with Crippen molar-refractivity contribution >= 4 is 11.6 Å². The molecule has 1 aliphatic rings. The third-order valence-corrected chi connectivity index (χ3v) is 4.81. The fourth-order valence-electron chi connectivity index (χ4n) is 3.14. The number of carbonyl (C=O) groups excluding carboxylic acids is 1. The Morgan fingerprint density at radius 3 is 2.75 bits per heavy atom.